The predicted octanol–water partition coefficient (Wildman–Crippen LogP) is 2.65. The summed E-state index contributed by atoms with van der Waals surface area (Å²) in [5.74, 6) is 0.645. The minimum absolute atomic E-state index is 0.434. The van der Waals surface area contributed by atoms with Crippen LogP contribution in [-0.2, 0) is 4.74 Å². The van der Waals surface area contributed by atoms with Gasteiger partial charge in [0, 0.05) is 25.6 Å². The molecule has 0 aromatic rings. The third-order valence-electron chi connectivity index (χ3n) is 4.36. The molecule has 92 valence electrons. The van der Waals surface area contributed by atoms with Crippen molar-refractivity contribution in [2.45, 2.75) is 51.6 Å². The topological polar surface area (TPSA) is 36.3 Å². The first-order valence-electron chi connectivity index (χ1n) is 6.38. The molecule has 2 rings (SSSR count). The average molecular weight is 224 g/mol. The van der Waals surface area contributed by atoms with Crippen molar-refractivity contribution in [1.29, 1.82) is 5.41 Å². The summed E-state index contributed by atoms with van der Waals surface area (Å²) in [7, 11) is 1.69. The molecule has 1 aliphatic carbocycles. The smallest absolute Gasteiger partial charge is 0.128 e. The van der Waals surface area contributed by atoms with E-state index in [0.29, 0.717) is 11.3 Å². The lowest BCUT2D eigenvalue weighted by Crippen LogP contribution is -2.62. The van der Waals surface area contributed by atoms with Crippen molar-refractivity contribution in [2.24, 2.45) is 5.41 Å². The Hall–Kier alpha value is -0.570. The molecular weight excluding hydrogens is 200 g/mol. The van der Waals surface area contributed by atoms with Crippen LogP contribution >= 0.6 is 0 Å². The Morgan fingerprint density at radius 2 is 1.75 bits per heavy atom. The lowest BCUT2D eigenvalue weighted by atomic mass is 9.68. The molecule has 0 bridgehead atoms. The zero-order chi connectivity index (χ0) is 11.8. The summed E-state index contributed by atoms with van der Waals surface area (Å²) >= 11 is 0. The Labute approximate surface area is 98.7 Å². The van der Waals surface area contributed by atoms with Crippen molar-refractivity contribution in [3.05, 3.63) is 0 Å². The molecule has 1 saturated carbocycles. The maximum absolute atomic E-state index is 8.15. The van der Waals surface area contributed by atoms with Crippen LogP contribution in [0.5, 0.6) is 0 Å². The molecule has 3 heteroatoms. The second kappa shape index (κ2) is 4.02. The van der Waals surface area contributed by atoms with Crippen molar-refractivity contribution in [3.8, 4) is 0 Å². The number of rotatable bonds is 2. The monoisotopic (exact) mass is 224 g/mol. The van der Waals surface area contributed by atoms with Crippen molar-refractivity contribution in [1.82, 2.24) is 4.90 Å². The highest BCUT2D eigenvalue weighted by Crippen LogP contribution is 2.44. The van der Waals surface area contributed by atoms with Crippen molar-refractivity contribution in [2.75, 3.05) is 20.2 Å². The molecule has 0 radical (unpaired) electrons. The SMILES string of the molecule is COC(C)(C)C(=N)N1CC2(CCCCC2)C1. The first-order valence-corrected chi connectivity index (χ1v) is 6.38. The first kappa shape index (κ1) is 11.9. The van der Waals surface area contributed by atoms with Crippen molar-refractivity contribution in [3.63, 3.8) is 0 Å². The third kappa shape index (κ3) is 1.97. The van der Waals surface area contributed by atoms with Gasteiger partial charge >= 0.3 is 0 Å². The van der Waals surface area contributed by atoms with E-state index >= 15 is 0 Å². The maximum Gasteiger partial charge on any atom is 0.128 e. The van der Waals surface area contributed by atoms with Crippen LogP contribution in [0.15, 0.2) is 0 Å². The summed E-state index contributed by atoms with van der Waals surface area (Å²) in [5, 5.41) is 8.15. The summed E-state index contributed by atoms with van der Waals surface area (Å²) in [4.78, 5) is 2.19. The molecule has 0 atom stereocenters. The van der Waals surface area contributed by atoms with E-state index in [4.69, 9.17) is 10.1 Å². The summed E-state index contributed by atoms with van der Waals surface area (Å²) < 4.78 is 5.37. The Bertz CT molecular complexity index is 272. The van der Waals surface area contributed by atoms with Gasteiger partial charge < -0.3 is 9.64 Å². The second-order valence-corrected chi connectivity index (χ2v) is 5.98. The molecule has 1 spiro atoms. The van der Waals surface area contributed by atoms with Crippen molar-refractivity contribution < 1.29 is 4.74 Å². The van der Waals surface area contributed by atoms with E-state index in [1.54, 1.807) is 7.11 Å². The van der Waals surface area contributed by atoms with Gasteiger partial charge in [0.15, 0.2) is 0 Å². The van der Waals surface area contributed by atoms with E-state index in [1.807, 2.05) is 13.8 Å². The molecule has 1 heterocycles. The summed E-state index contributed by atoms with van der Waals surface area (Å²) in [6.45, 7) is 6.11. The number of hydrogen-bond donors (Lipinski definition) is 1. The second-order valence-electron chi connectivity index (χ2n) is 5.98. The molecule has 1 aliphatic heterocycles. The van der Waals surface area contributed by atoms with E-state index in [-0.39, 0.29) is 0 Å². The van der Waals surface area contributed by atoms with Crippen LogP contribution in [0.1, 0.15) is 46.0 Å². The van der Waals surface area contributed by atoms with Gasteiger partial charge in [-0.05, 0) is 26.7 Å². The number of methoxy groups -OCH3 is 1. The average Bonchev–Trinajstić information content (AvgIpc) is 2.26. The lowest BCUT2D eigenvalue weighted by Gasteiger charge is -2.55. The number of amidine groups is 1. The Balaban J connectivity index is 1.90. The third-order valence-corrected chi connectivity index (χ3v) is 4.36. The quantitative estimate of drug-likeness (QED) is 0.578. The normalized spacial score (nSPS) is 24.3. The van der Waals surface area contributed by atoms with Gasteiger partial charge in [0.25, 0.3) is 0 Å². The van der Waals surface area contributed by atoms with E-state index < -0.39 is 5.60 Å². The number of likely N-dealkylation sites (tertiary alicyclic amines) is 1. The number of nitrogens with one attached hydrogen (secondary N) is 1. The Kier molecular flexibility index (Phi) is 2.99. The van der Waals surface area contributed by atoms with E-state index in [0.717, 1.165) is 13.1 Å². The molecular formula is C13H24N2O. The van der Waals surface area contributed by atoms with Gasteiger partial charge in [-0.25, -0.2) is 0 Å². The summed E-state index contributed by atoms with van der Waals surface area (Å²) in [5.41, 5.74) is 0.116. The molecule has 2 fully saturated rings. The standard InChI is InChI=1S/C13H24N2O/c1-12(2,16-3)11(14)15-9-13(10-15)7-5-4-6-8-13/h14H,4-10H2,1-3H3. The fraction of sp³-hybridized carbons (Fsp3) is 0.923. The number of nitrogens with zero attached hydrogens (tertiary/aromatic N) is 1. The number of hydrogen-bond acceptors (Lipinski definition) is 2. The molecule has 1 N–H and O–H groups in total. The van der Waals surface area contributed by atoms with Gasteiger partial charge in [0.1, 0.15) is 11.4 Å². The van der Waals surface area contributed by atoms with Crippen LogP contribution in [0.25, 0.3) is 0 Å². The first-order chi connectivity index (χ1) is 7.49. The van der Waals surface area contributed by atoms with Crippen molar-refractivity contribution >= 4 is 5.84 Å². The Morgan fingerprint density at radius 3 is 2.25 bits per heavy atom. The summed E-state index contributed by atoms with van der Waals surface area (Å²) in [6, 6.07) is 0. The highest BCUT2D eigenvalue weighted by atomic mass is 16.5. The predicted molar refractivity (Wildman–Crippen MR) is 65.9 cm³/mol. The van der Waals surface area contributed by atoms with E-state index in [9.17, 15) is 0 Å². The van der Waals surface area contributed by atoms with Gasteiger partial charge in [-0.15, -0.1) is 0 Å². The molecule has 2 aliphatic rings. The molecule has 16 heavy (non-hydrogen) atoms. The molecule has 0 aromatic carbocycles. The lowest BCUT2D eigenvalue weighted by molar-refractivity contribution is -0.00375. The zero-order valence-electron chi connectivity index (χ0n) is 10.8. The van der Waals surface area contributed by atoms with Gasteiger partial charge in [-0.2, -0.15) is 0 Å². The maximum atomic E-state index is 8.15. The minimum Gasteiger partial charge on any atom is -0.371 e. The minimum atomic E-state index is -0.434. The van der Waals surface area contributed by atoms with Crippen LogP contribution in [0.4, 0.5) is 0 Å². The molecule has 0 amide bonds. The van der Waals surface area contributed by atoms with Crippen LogP contribution in [0.2, 0.25) is 0 Å². The Morgan fingerprint density at radius 1 is 1.19 bits per heavy atom. The molecule has 1 saturated heterocycles. The summed E-state index contributed by atoms with van der Waals surface area (Å²) in [6.07, 6.45) is 6.90. The van der Waals surface area contributed by atoms with Gasteiger partial charge in [0.2, 0.25) is 0 Å². The highest BCUT2D eigenvalue weighted by Gasteiger charge is 2.46. The van der Waals surface area contributed by atoms with Gasteiger partial charge in [-0.3, -0.25) is 5.41 Å². The van der Waals surface area contributed by atoms with E-state index in [1.165, 1.54) is 32.1 Å². The van der Waals surface area contributed by atoms with Gasteiger partial charge in [0.05, 0.1) is 0 Å². The number of ether oxygens (including phenoxy) is 1. The molecule has 0 unspecified atom stereocenters. The zero-order valence-corrected chi connectivity index (χ0v) is 10.8. The van der Waals surface area contributed by atoms with Crippen LogP contribution in [0, 0.1) is 10.8 Å². The fourth-order valence-corrected chi connectivity index (χ4v) is 3.02. The molecule has 0 aromatic heterocycles. The highest BCUT2D eigenvalue weighted by molar-refractivity contribution is 5.87. The molecule has 3 nitrogen and oxygen atoms in total. The van der Waals surface area contributed by atoms with E-state index in [2.05, 4.69) is 4.90 Å². The fourth-order valence-electron chi connectivity index (χ4n) is 3.02. The largest absolute Gasteiger partial charge is 0.371 e. The van der Waals surface area contributed by atoms with Crippen LogP contribution in [0.3, 0.4) is 0 Å². The van der Waals surface area contributed by atoms with Crippen LogP contribution in [-0.4, -0.2) is 36.5 Å². The van der Waals surface area contributed by atoms with Crippen LogP contribution < -0.4 is 0 Å². The van der Waals surface area contributed by atoms with Gasteiger partial charge in [-0.1, -0.05) is 19.3 Å².